The van der Waals surface area contributed by atoms with E-state index in [1.807, 2.05) is 0 Å². The summed E-state index contributed by atoms with van der Waals surface area (Å²) in [5, 5.41) is 0.624. The number of hydrogen-bond donors (Lipinski definition) is 1. The minimum atomic E-state index is -0.963. The number of benzene rings is 2. The SMILES string of the molecule is CN(Cc1ccc(F)c(F)c1)C(=O)c1cc(=O)[nH]c2ccccc12. The number of carbonyl (C=O) groups is 1. The average molecular weight is 328 g/mol. The smallest absolute Gasteiger partial charge is 0.254 e. The van der Waals surface area contributed by atoms with Crippen LogP contribution in [-0.2, 0) is 6.54 Å². The second-order valence-corrected chi connectivity index (χ2v) is 5.50. The van der Waals surface area contributed by atoms with Gasteiger partial charge in [0, 0.05) is 30.6 Å². The van der Waals surface area contributed by atoms with E-state index in [2.05, 4.69) is 4.98 Å². The summed E-state index contributed by atoms with van der Waals surface area (Å²) in [6.45, 7) is 0.0944. The molecule has 0 spiro atoms. The number of hydrogen-bond acceptors (Lipinski definition) is 2. The van der Waals surface area contributed by atoms with Crippen molar-refractivity contribution in [2.75, 3.05) is 7.05 Å². The van der Waals surface area contributed by atoms with Gasteiger partial charge >= 0.3 is 0 Å². The van der Waals surface area contributed by atoms with Crippen LogP contribution < -0.4 is 5.56 Å². The first-order chi connectivity index (χ1) is 11.5. The molecule has 0 saturated heterocycles. The van der Waals surface area contributed by atoms with Crippen molar-refractivity contribution in [2.45, 2.75) is 6.54 Å². The molecule has 1 amide bonds. The number of nitrogens with zero attached hydrogens (tertiary/aromatic N) is 1. The van der Waals surface area contributed by atoms with E-state index in [1.165, 1.54) is 17.0 Å². The zero-order valence-corrected chi connectivity index (χ0v) is 12.8. The number of carbonyl (C=O) groups excluding carboxylic acids is 1. The van der Waals surface area contributed by atoms with Crippen molar-refractivity contribution in [2.24, 2.45) is 0 Å². The third-order valence-corrected chi connectivity index (χ3v) is 3.73. The molecule has 0 fully saturated rings. The molecule has 1 aromatic heterocycles. The van der Waals surface area contributed by atoms with E-state index < -0.39 is 11.6 Å². The molecular formula is C18H14F2N2O2. The topological polar surface area (TPSA) is 53.2 Å². The average Bonchev–Trinajstić information content (AvgIpc) is 2.56. The van der Waals surface area contributed by atoms with Gasteiger partial charge < -0.3 is 9.88 Å². The van der Waals surface area contributed by atoms with E-state index in [-0.39, 0.29) is 23.6 Å². The van der Waals surface area contributed by atoms with Crippen LogP contribution in [0, 0.1) is 11.6 Å². The largest absolute Gasteiger partial charge is 0.337 e. The van der Waals surface area contributed by atoms with Crippen molar-refractivity contribution in [1.82, 2.24) is 9.88 Å². The zero-order valence-electron chi connectivity index (χ0n) is 12.8. The van der Waals surface area contributed by atoms with E-state index in [0.717, 1.165) is 12.1 Å². The summed E-state index contributed by atoms with van der Waals surface area (Å²) in [6, 6.07) is 11.7. The van der Waals surface area contributed by atoms with E-state index in [9.17, 15) is 18.4 Å². The van der Waals surface area contributed by atoms with Gasteiger partial charge in [-0.3, -0.25) is 9.59 Å². The van der Waals surface area contributed by atoms with Crippen molar-refractivity contribution >= 4 is 16.8 Å². The lowest BCUT2D eigenvalue weighted by Gasteiger charge is -2.18. The van der Waals surface area contributed by atoms with Gasteiger partial charge in [-0.1, -0.05) is 24.3 Å². The zero-order chi connectivity index (χ0) is 17.3. The van der Waals surface area contributed by atoms with Gasteiger partial charge in [0.25, 0.3) is 5.91 Å². The molecule has 0 atom stereocenters. The van der Waals surface area contributed by atoms with Crippen LogP contribution in [0.4, 0.5) is 8.78 Å². The fraction of sp³-hybridized carbons (Fsp3) is 0.111. The Balaban J connectivity index is 1.93. The Bertz CT molecular complexity index is 982. The third kappa shape index (κ3) is 3.03. The predicted octanol–water partition coefficient (Wildman–Crippen LogP) is 3.08. The molecule has 2 aromatic carbocycles. The third-order valence-electron chi connectivity index (χ3n) is 3.73. The quantitative estimate of drug-likeness (QED) is 0.803. The van der Waals surface area contributed by atoms with Crippen LogP contribution in [0.3, 0.4) is 0 Å². The summed E-state index contributed by atoms with van der Waals surface area (Å²) in [6.07, 6.45) is 0. The first-order valence-electron chi connectivity index (χ1n) is 7.27. The number of pyridine rings is 1. The van der Waals surface area contributed by atoms with Crippen molar-refractivity contribution in [3.63, 3.8) is 0 Å². The minimum Gasteiger partial charge on any atom is -0.337 e. The summed E-state index contributed by atoms with van der Waals surface area (Å²) in [5.41, 5.74) is 0.909. The molecule has 3 aromatic rings. The first-order valence-corrected chi connectivity index (χ1v) is 7.27. The van der Waals surface area contributed by atoms with Crippen LogP contribution in [0.1, 0.15) is 15.9 Å². The number of nitrogens with one attached hydrogen (secondary N) is 1. The number of halogens is 2. The van der Waals surface area contributed by atoms with Crippen LogP contribution >= 0.6 is 0 Å². The lowest BCUT2D eigenvalue weighted by atomic mass is 10.1. The van der Waals surface area contributed by atoms with E-state index >= 15 is 0 Å². The van der Waals surface area contributed by atoms with Crippen LogP contribution in [0.2, 0.25) is 0 Å². The molecular weight excluding hydrogens is 314 g/mol. The molecule has 6 heteroatoms. The Hall–Kier alpha value is -3.02. The van der Waals surface area contributed by atoms with Crippen LogP contribution in [0.15, 0.2) is 53.3 Å². The van der Waals surface area contributed by atoms with E-state index in [0.29, 0.717) is 16.5 Å². The molecule has 0 aliphatic heterocycles. The molecule has 0 aliphatic carbocycles. The molecule has 0 radical (unpaired) electrons. The van der Waals surface area contributed by atoms with Gasteiger partial charge in [0.15, 0.2) is 11.6 Å². The van der Waals surface area contributed by atoms with E-state index in [4.69, 9.17) is 0 Å². The van der Waals surface area contributed by atoms with Gasteiger partial charge in [0.05, 0.1) is 5.56 Å². The van der Waals surface area contributed by atoms with Gasteiger partial charge in [-0.15, -0.1) is 0 Å². The molecule has 0 bridgehead atoms. The standard InChI is InChI=1S/C18H14F2N2O2/c1-22(10-11-6-7-14(19)15(20)8-11)18(24)13-9-17(23)21-16-5-3-2-4-12(13)16/h2-9H,10H2,1H3,(H,21,23). The van der Waals surface area contributed by atoms with Gasteiger partial charge in [0.1, 0.15) is 0 Å². The molecule has 0 unspecified atom stereocenters. The number of rotatable bonds is 3. The Morgan fingerprint density at radius 1 is 1.08 bits per heavy atom. The van der Waals surface area contributed by atoms with Crippen molar-refractivity contribution in [1.29, 1.82) is 0 Å². The molecule has 24 heavy (non-hydrogen) atoms. The maximum Gasteiger partial charge on any atom is 0.254 e. The normalized spacial score (nSPS) is 10.8. The van der Waals surface area contributed by atoms with Crippen molar-refractivity contribution < 1.29 is 13.6 Å². The highest BCUT2D eigenvalue weighted by molar-refractivity contribution is 6.05. The Morgan fingerprint density at radius 2 is 1.83 bits per heavy atom. The monoisotopic (exact) mass is 328 g/mol. The van der Waals surface area contributed by atoms with Crippen molar-refractivity contribution in [3.8, 4) is 0 Å². The fourth-order valence-corrected chi connectivity index (χ4v) is 2.57. The maximum absolute atomic E-state index is 13.3. The van der Waals surface area contributed by atoms with Crippen LogP contribution in [-0.4, -0.2) is 22.8 Å². The molecule has 4 nitrogen and oxygen atoms in total. The minimum absolute atomic E-state index is 0.0944. The first kappa shape index (κ1) is 15.9. The van der Waals surface area contributed by atoms with Crippen molar-refractivity contribution in [3.05, 3.63) is 81.6 Å². The summed E-state index contributed by atoms with van der Waals surface area (Å²) in [5.74, 6) is -2.27. The number of amides is 1. The number of fused-ring (bicyclic) bond motifs is 1. The van der Waals surface area contributed by atoms with Gasteiger partial charge in [-0.05, 0) is 23.8 Å². The second-order valence-electron chi connectivity index (χ2n) is 5.50. The van der Waals surface area contributed by atoms with E-state index in [1.54, 1.807) is 31.3 Å². The highest BCUT2D eigenvalue weighted by atomic mass is 19.2. The highest BCUT2D eigenvalue weighted by Gasteiger charge is 2.16. The molecule has 122 valence electrons. The Kier molecular flexibility index (Phi) is 4.12. The van der Waals surface area contributed by atoms with Crippen LogP contribution in [0.5, 0.6) is 0 Å². The van der Waals surface area contributed by atoms with Crippen LogP contribution in [0.25, 0.3) is 10.9 Å². The Labute approximate surface area is 136 Å². The number of aromatic amines is 1. The molecule has 0 aliphatic rings. The number of H-pyrrole nitrogens is 1. The molecule has 1 heterocycles. The highest BCUT2D eigenvalue weighted by Crippen LogP contribution is 2.17. The lowest BCUT2D eigenvalue weighted by molar-refractivity contribution is 0.0786. The summed E-state index contributed by atoms with van der Waals surface area (Å²) in [4.78, 5) is 28.5. The Morgan fingerprint density at radius 3 is 2.58 bits per heavy atom. The second kappa shape index (κ2) is 6.23. The lowest BCUT2D eigenvalue weighted by Crippen LogP contribution is -2.27. The predicted molar refractivity (Wildman–Crippen MR) is 86.7 cm³/mol. The summed E-state index contributed by atoms with van der Waals surface area (Å²) in [7, 11) is 1.54. The van der Waals surface area contributed by atoms with Gasteiger partial charge in [-0.2, -0.15) is 0 Å². The molecule has 3 rings (SSSR count). The summed E-state index contributed by atoms with van der Waals surface area (Å²) < 4.78 is 26.3. The fourth-order valence-electron chi connectivity index (χ4n) is 2.57. The summed E-state index contributed by atoms with van der Waals surface area (Å²) >= 11 is 0. The number of para-hydroxylation sites is 1. The maximum atomic E-state index is 13.3. The van der Waals surface area contributed by atoms with Gasteiger partial charge in [-0.25, -0.2) is 8.78 Å². The number of aromatic nitrogens is 1. The van der Waals surface area contributed by atoms with Gasteiger partial charge in [0.2, 0.25) is 5.56 Å². The molecule has 1 N–H and O–H groups in total. The molecule has 0 saturated carbocycles.